The molecule has 0 bridgehead atoms. The third-order valence-electron chi connectivity index (χ3n) is 0.990. The van der Waals surface area contributed by atoms with E-state index in [1.165, 1.54) is 12.3 Å². The van der Waals surface area contributed by atoms with Crippen molar-refractivity contribution in [2.24, 2.45) is 5.84 Å². The normalized spacial score (nSPS) is 9.27. The van der Waals surface area contributed by atoms with Crippen LogP contribution in [-0.4, -0.2) is 15.9 Å². The van der Waals surface area contributed by atoms with E-state index in [4.69, 9.17) is 17.4 Å². The molecular formula is C5H5ClN4O. The van der Waals surface area contributed by atoms with E-state index in [1.807, 2.05) is 5.43 Å². The number of hydrazine groups is 1. The number of hydrogen-bond donors (Lipinski definition) is 2. The predicted octanol–water partition coefficient (Wildman–Crippen LogP) is -0.267. The van der Waals surface area contributed by atoms with Gasteiger partial charge in [0.05, 0.1) is 0 Å². The van der Waals surface area contributed by atoms with E-state index in [0.29, 0.717) is 0 Å². The molecule has 6 heteroatoms. The summed E-state index contributed by atoms with van der Waals surface area (Å²) in [5.74, 6) is 4.36. The monoisotopic (exact) mass is 172 g/mol. The Morgan fingerprint density at radius 2 is 2.45 bits per heavy atom. The Labute approximate surface area is 67.6 Å². The lowest BCUT2D eigenvalue weighted by Crippen LogP contribution is -2.30. The highest BCUT2D eigenvalue weighted by Gasteiger charge is 2.04. The van der Waals surface area contributed by atoms with Crippen LogP contribution >= 0.6 is 11.6 Å². The number of nitrogens with zero attached hydrogens (tertiary/aromatic N) is 2. The molecule has 0 spiro atoms. The highest BCUT2D eigenvalue weighted by Crippen LogP contribution is 1.99. The van der Waals surface area contributed by atoms with Crippen molar-refractivity contribution in [3.05, 3.63) is 23.2 Å². The number of carbonyl (C=O) groups is 1. The fourth-order valence-corrected chi connectivity index (χ4v) is 0.683. The molecule has 1 rings (SSSR count). The molecule has 1 heterocycles. The van der Waals surface area contributed by atoms with E-state index in [0.717, 1.165) is 0 Å². The van der Waals surface area contributed by atoms with E-state index < -0.39 is 5.91 Å². The topological polar surface area (TPSA) is 80.9 Å². The van der Waals surface area contributed by atoms with E-state index >= 15 is 0 Å². The van der Waals surface area contributed by atoms with Gasteiger partial charge < -0.3 is 0 Å². The minimum Gasteiger partial charge on any atom is -0.289 e. The molecule has 0 saturated heterocycles. The zero-order valence-corrected chi connectivity index (χ0v) is 6.17. The van der Waals surface area contributed by atoms with Crippen LogP contribution in [0.1, 0.15) is 10.5 Å². The lowest BCUT2D eigenvalue weighted by atomic mass is 10.4. The maximum absolute atomic E-state index is 10.8. The standard InChI is InChI=1S/C5H5ClN4O/c6-5-8-2-1-3(9-5)4(11)10-7/h1-2H,7H2,(H,10,11). The van der Waals surface area contributed by atoms with Crippen LogP contribution in [0.5, 0.6) is 0 Å². The highest BCUT2D eigenvalue weighted by atomic mass is 35.5. The molecule has 0 atom stereocenters. The second-order valence-corrected chi connectivity index (χ2v) is 2.02. The summed E-state index contributed by atoms with van der Waals surface area (Å²) in [6.45, 7) is 0. The van der Waals surface area contributed by atoms with E-state index in [1.54, 1.807) is 0 Å². The van der Waals surface area contributed by atoms with Gasteiger partial charge in [-0.15, -0.1) is 0 Å². The Balaban J connectivity index is 2.96. The molecule has 3 N–H and O–H groups in total. The van der Waals surface area contributed by atoms with Crippen molar-refractivity contribution in [2.75, 3.05) is 0 Å². The average Bonchev–Trinajstić information content (AvgIpc) is 2.03. The number of carbonyl (C=O) groups excluding carboxylic acids is 1. The lowest BCUT2D eigenvalue weighted by molar-refractivity contribution is 0.0948. The maximum Gasteiger partial charge on any atom is 0.283 e. The van der Waals surface area contributed by atoms with Crippen molar-refractivity contribution >= 4 is 17.5 Å². The quantitative estimate of drug-likeness (QED) is 0.265. The molecular weight excluding hydrogens is 168 g/mol. The molecule has 11 heavy (non-hydrogen) atoms. The summed E-state index contributed by atoms with van der Waals surface area (Å²) in [7, 11) is 0. The first-order valence-electron chi connectivity index (χ1n) is 2.73. The number of nitrogen functional groups attached to an aromatic ring is 1. The van der Waals surface area contributed by atoms with Gasteiger partial charge in [0.15, 0.2) is 0 Å². The number of hydrogen-bond acceptors (Lipinski definition) is 4. The molecule has 1 amide bonds. The lowest BCUT2D eigenvalue weighted by Gasteiger charge is -1.96. The summed E-state index contributed by atoms with van der Waals surface area (Å²) in [6, 6.07) is 1.41. The van der Waals surface area contributed by atoms with Gasteiger partial charge in [-0.3, -0.25) is 10.2 Å². The first-order chi connectivity index (χ1) is 5.24. The Hall–Kier alpha value is -1.20. The molecule has 58 valence electrons. The summed E-state index contributed by atoms with van der Waals surface area (Å²) in [4.78, 5) is 18.0. The second kappa shape index (κ2) is 3.27. The van der Waals surface area contributed by atoms with Crippen LogP contribution < -0.4 is 11.3 Å². The second-order valence-electron chi connectivity index (χ2n) is 1.68. The average molecular weight is 173 g/mol. The number of aromatic nitrogens is 2. The van der Waals surface area contributed by atoms with Crippen molar-refractivity contribution in [1.29, 1.82) is 0 Å². The van der Waals surface area contributed by atoms with Crippen molar-refractivity contribution < 1.29 is 4.79 Å². The van der Waals surface area contributed by atoms with Crippen LogP contribution in [0.3, 0.4) is 0 Å². The van der Waals surface area contributed by atoms with Gasteiger partial charge in [0.2, 0.25) is 5.28 Å². The van der Waals surface area contributed by atoms with Crippen LogP contribution in [0.15, 0.2) is 12.3 Å². The smallest absolute Gasteiger partial charge is 0.283 e. The molecule has 1 aromatic rings. The molecule has 5 nitrogen and oxygen atoms in total. The van der Waals surface area contributed by atoms with E-state index in [2.05, 4.69) is 9.97 Å². The van der Waals surface area contributed by atoms with Gasteiger partial charge in [-0.2, -0.15) is 0 Å². The van der Waals surface area contributed by atoms with Crippen molar-refractivity contribution in [1.82, 2.24) is 15.4 Å². The Morgan fingerprint density at radius 3 is 3.00 bits per heavy atom. The third kappa shape index (κ3) is 1.86. The third-order valence-corrected chi connectivity index (χ3v) is 1.17. The number of rotatable bonds is 1. The zero-order valence-electron chi connectivity index (χ0n) is 5.41. The Bertz CT molecular complexity index is 277. The van der Waals surface area contributed by atoms with E-state index in [9.17, 15) is 4.79 Å². The Morgan fingerprint density at radius 1 is 1.73 bits per heavy atom. The summed E-state index contributed by atoms with van der Waals surface area (Å²) in [5.41, 5.74) is 2.07. The fourth-order valence-electron chi connectivity index (χ4n) is 0.535. The molecule has 0 aliphatic heterocycles. The van der Waals surface area contributed by atoms with Crippen LogP contribution in [0.2, 0.25) is 5.28 Å². The van der Waals surface area contributed by atoms with Crippen molar-refractivity contribution in [2.45, 2.75) is 0 Å². The zero-order chi connectivity index (χ0) is 8.27. The van der Waals surface area contributed by atoms with Gasteiger partial charge >= 0.3 is 0 Å². The van der Waals surface area contributed by atoms with Gasteiger partial charge in [0, 0.05) is 6.20 Å². The SMILES string of the molecule is NNC(=O)c1ccnc(Cl)n1. The summed E-state index contributed by atoms with van der Waals surface area (Å²) >= 11 is 5.40. The number of halogens is 1. The molecule has 0 radical (unpaired) electrons. The minimum atomic E-state index is -0.491. The highest BCUT2D eigenvalue weighted by molar-refractivity contribution is 6.28. The number of nitrogens with one attached hydrogen (secondary N) is 1. The predicted molar refractivity (Wildman–Crippen MR) is 38.7 cm³/mol. The first kappa shape index (κ1) is 7.90. The minimum absolute atomic E-state index is 0.0195. The molecule has 0 aliphatic carbocycles. The largest absolute Gasteiger partial charge is 0.289 e. The van der Waals surface area contributed by atoms with Gasteiger partial charge in [0.25, 0.3) is 5.91 Å². The van der Waals surface area contributed by atoms with Gasteiger partial charge in [0.1, 0.15) is 5.69 Å². The van der Waals surface area contributed by atoms with Gasteiger partial charge in [-0.25, -0.2) is 15.8 Å². The molecule has 0 unspecified atom stereocenters. The molecule has 0 fully saturated rings. The first-order valence-corrected chi connectivity index (χ1v) is 3.11. The fraction of sp³-hybridized carbons (Fsp3) is 0. The van der Waals surface area contributed by atoms with E-state index in [-0.39, 0.29) is 11.0 Å². The molecule has 1 aromatic heterocycles. The molecule has 0 aromatic carbocycles. The summed E-state index contributed by atoms with van der Waals surface area (Å²) < 4.78 is 0. The Kier molecular flexibility index (Phi) is 2.35. The van der Waals surface area contributed by atoms with Crippen molar-refractivity contribution in [3.63, 3.8) is 0 Å². The summed E-state index contributed by atoms with van der Waals surface area (Å²) in [5, 5.41) is 0.0195. The van der Waals surface area contributed by atoms with Crippen molar-refractivity contribution in [3.8, 4) is 0 Å². The van der Waals surface area contributed by atoms with Crippen LogP contribution in [0.4, 0.5) is 0 Å². The number of nitrogens with two attached hydrogens (primary N) is 1. The van der Waals surface area contributed by atoms with Gasteiger partial charge in [-0.1, -0.05) is 0 Å². The van der Waals surface area contributed by atoms with Gasteiger partial charge in [-0.05, 0) is 17.7 Å². The van der Waals surface area contributed by atoms with Crippen LogP contribution in [0, 0.1) is 0 Å². The molecule has 0 saturated carbocycles. The molecule has 0 aliphatic rings. The van der Waals surface area contributed by atoms with Crippen LogP contribution in [0.25, 0.3) is 0 Å². The summed E-state index contributed by atoms with van der Waals surface area (Å²) in [6.07, 6.45) is 1.37. The maximum atomic E-state index is 10.8. The number of amides is 1. The van der Waals surface area contributed by atoms with Crippen LogP contribution in [-0.2, 0) is 0 Å².